The minimum atomic E-state index is -0.538. The molecule has 16 nitrogen and oxygen atoms in total. The molecule has 19 heteroatoms. The first-order valence-electron chi connectivity index (χ1n) is 26.7. The Bertz CT molecular complexity index is 2520. The topological polar surface area (TPSA) is 157 Å². The van der Waals surface area contributed by atoms with Crippen LogP contribution in [-0.4, -0.2) is 165 Å². The van der Waals surface area contributed by atoms with Crippen LogP contribution in [0.2, 0.25) is 0 Å². The van der Waals surface area contributed by atoms with Gasteiger partial charge in [0.15, 0.2) is 0 Å². The third-order valence-corrected chi connectivity index (χ3v) is 14.3. The Kier molecular flexibility index (Phi) is 18.8. The third kappa shape index (κ3) is 15.5. The van der Waals surface area contributed by atoms with Crippen LogP contribution < -0.4 is 10.6 Å². The summed E-state index contributed by atoms with van der Waals surface area (Å²) in [4.78, 5) is 72.0. The number of amides is 5. The Labute approximate surface area is 446 Å². The van der Waals surface area contributed by atoms with Gasteiger partial charge in [0.05, 0.1) is 30.8 Å². The van der Waals surface area contributed by atoms with E-state index < -0.39 is 17.3 Å². The number of rotatable bonds is 11. The fourth-order valence-corrected chi connectivity index (χ4v) is 11.0. The van der Waals surface area contributed by atoms with Gasteiger partial charge in [-0.15, -0.1) is 0 Å². The number of piperazine rings is 3. The Morgan fingerprint density at radius 3 is 1.51 bits per heavy atom. The van der Waals surface area contributed by atoms with Crippen molar-refractivity contribution in [3.63, 3.8) is 0 Å². The third-order valence-electron chi connectivity index (χ3n) is 14.3. The second-order valence-corrected chi connectivity index (χ2v) is 23.6. The summed E-state index contributed by atoms with van der Waals surface area (Å²) >= 11 is 0. The number of hydrogen-bond donors (Lipinski definition) is 2. The molecule has 0 spiro atoms. The highest BCUT2D eigenvalue weighted by Crippen LogP contribution is 2.35. The highest BCUT2D eigenvalue weighted by atomic mass is 19.1. The first kappa shape index (κ1) is 57.9. The van der Waals surface area contributed by atoms with Gasteiger partial charge in [0.25, 0.3) is 0 Å². The molecular formula is C57H79F3N8O8. The molecular weight excluding hydrogens is 982 g/mol. The van der Waals surface area contributed by atoms with Gasteiger partial charge in [0, 0.05) is 76.5 Å². The van der Waals surface area contributed by atoms with Gasteiger partial charge in [-0.2, -0.15) is 0 Å². The fraction of sp³-hybridized carbons (Fsp3) is 0.596. The van der Waals surface area contributed by atoms with Gasteiger partial charge in [-0.25, -0.2) is 22.8 Å². The second kappa shape index (κ2) is 24.7. The number of ether oxygens (including phenoxy) is 3. The molecule has 5 amide bonds. The van der Waals surface area contributed by atoms with Crippen molar-refractivity contribution in [2.24, 2.45) is 5.92 Å². The van der Waals surface area contributed by atoms with Crippen molar-refractivity contribution in [2.75, 3.05) is 46.1 Å². The zero-order valence-electron chi connectivity index (χ0n) is 45.9. The molecule has 2 N–H and O–H groups in total. The Morgan fingerprint density at radius 1 is 0.671 bits per heavy atom. The van der Waals surface area contributed by atoms with Gasteiger partial charge in [-0.3, -0.25) is 29.1 Å². The predicted octanol–water partition coefficient (Wildman–Crippen LogP) is 7.29. The average molecular weight is 1060 g/mol. The quantitative estimate of drug-likeness (QED) is 0.199. The normalized spacial score (nSPS) is 25.1. The summed E-state index contributed by atoms with van der Waals surface area (Å²) in [6, 6.07) is 20.0. The molecule has 7 heterocycles. The zero-order chi connectivity index (χ0) is 55.2. The lowest BCUT2D eigenvalue weighted by Gasteiger charge is -2.35. The summed E-state index contributed by atoms with van der Waals surface area (Å²) in [5.41, 5.74) is 1.58. The van der Waals surface area contributed by atoms with Gasteiger partial charge in [-0.05, 0) is 134 Å². The van der Waals surface area contributed by atoms with Crippen molar-refractivity contribution in [2.45, 2.75) is 168 Å². The molecule has 3 aromatic rings. The number of nitrogens with one attached hydrogen (secondary N) is 2. The van der Waals surface area contributed by atoms with Gasteiger partial charge in [-0.1, -0.05) is 50.2 Å². The molecule has 6 bridgehead atoms. The zero-order valence-corrected chi connectivity index (χ0v) is 45.9. The minimum absolute atomic E-state index is 0.00133. The van der Waals surface area contributed by atoms with E-state index in [0.717, 1.165) is 62.1 Å². The van der Waals surface area contributed by atoms with Crippen molar-refractivity contribution in [3.8, 4) is 0 Å². The molecule has 0 radical (unpaired) electrons. The lowest BCUT2D eigenvalue weighted by molar-refractivity contribution is -0.138. The van der Waals surface area contributed by atoms with E-state index in [4.69, 9.17) is 14.2 Å². The first-order chi connectivity index (χ1) is 35.8. The molecule has 0 aliphatic carbocycles. The van der Waals surface area contributed by atoms with Gasteiger partial charge in [0.1, 0.15) is 35.4 Å². The van der Waals surface area contributed by atoms with Gasteiger partial charge in [0.2, 0.25) is 17.7 Å². The van der Waals surface area contributed by atoms with E-state index in [1.807, 2.05) is 88.3 Å². The molecule has 3 aromatic carbocycles. The average Bonchev–Trinajstić information content (AvgIpc) is 4.23. The summed E-state index contributed by atoms with van der Waals surface area (Å²) in [5.74, 6) is 0.270. The maximum atomic E-state index is 13.4. The van der Waals surface area contributed by atoms with Crippen LogP contribution in [0.4, 0.5) is 22.8 Å². The monoisotopic (exact) mass is 1060 g/mol. The van der Waals surface area contributed by atoms with Gasteiger partial charge < -0.3 is 39.5 Å². The van der Waals surface area contributed by atoms with Crippen LogP contribution in [0.3, 0.4) is 0 Å². The van der Waals surface area contributed by atoms with E-state index in [0.29, 0.717) is 57.5 Å². The highest BCUT2D eigenvalue weighted by molar-refractivity contribution is 5.87. The van der Waals surface area contributed by atoms with Crippen LogP contribution in [0, 0.1) is 23.4 Å². The Balaban J connectivity index is 0.000000153. The number of hydrogen-bond acceptors (Lipinski definition) is 11. The maximum absolute atomic E-state index is 13.4. The molecule has 0 saturated carbocycles. The standard InChI is InChI=1S/C20H28FN3O3.C16H21FN2O.C12H13FN2O.C9H17NO3/c1-13(22-19(26)27-20(2,3)4)10-23-12-16-9-17(23)18(25)24(16)11-14-6-5-7-15(21)8-14;1-11(2)8-18-10-14-7-15(18)16(20)19(14)9-12-4-3-5-13(17)6-12;13-9-3-1-2-8(4-9)7-15-10-5-11(12(15)16)14-6-10;1-7-5-12-6-10(7)8(11)13-9(2,3)4/h5-8,13,16-17H,9-12H2,1-4H3,(H,22,26);3-6,11,14-15H,7-10H2,1-2H3;1-4,10-11,14H,5-7H2;7H,5-6H2,1-4H3/t13-,16?,17-;14?,15-;10-,11?;7-/m0010/s1. The van der Waals surface area contributed by atoms with E-state index >= 15 is 0 Å². The lowest BCUT2D eigenvalue weighted by atomic mass is 10.1. The number of fused-ring (bicyclic) bond motifs is 6. The Hall–Kier alpha value is -5.76. The molecule has 3 unspecified atom stereocenters. The molecule has 7 fully saturated rings. The molecule has 7 aliphatic heterocycles. The molecule has 7 aliphatic rings. The van der Waals surface area contributed by atoms with Crippen LogP contribution in [0.5, 0.6) is 0 Å². The Morgan fingerprint density at radius 2 is 1.13 bits per heavy atom. The summed E-state index contributed by atoms with van der Waals surface area (Å²) in [5, 5.41) is 5.99. The van der Waals surface area contributed by atoms with Crippen molar-refractivity contribution in [3.05, 3.63) is 107 Å². The van der Waals surface area contributed by atoms with Crippen LogP contribution in [-0.2, 0) is 48.2 Å². The molecule has 10 rings (SSSR count). The number of likely N-dealkylation sites (tertiary alicyclic amines) is 5. The number of nitrogens with zero attached hydrogens (tertiary/aromatic N) is 6. The van der Waals surface area contributed by atoms with Crippen LogP contribution in [0.15, 0.2) is 72.8 Å². The SMILES string of the molecule is CC(C)CN1CC2C[C@H]1C(=O)N2Cc1cccc(F)c1.C[C@@H](CN1CC2C[C@H]1C(=O)N2Cc1cccc(F)c1)NC(=O)OC(C)(C)C.C[C@H]1COCN1C(=O)OC(C)(C)C.O=C1C2C[C@H](CN2)N1Cc1cccc(F)c1. The first-order valence-corrected chi connectivity index (χ1v) is 26.7. The van der Waals surface area contributed by atoms with Crippen LogP contribution in [0.1, 0.15) is 105 Å². The fourth-order valence-electron chi connectivity index (χ4n) is 11.0. The molecule has 76 heavy (non-hydrogen) atoms. The van der Waals surface area contributed by atoms with E-state index in [1.54, 1.807) is 23.1 Å². The van der Waals surface area contributed by atoms with E-state index in [1.165, 1.54) is 36.4 Å². The van der Waals surface area contributed by atoms with Crippen molar-refractivity contribution < 1.29 is 51.4 Å². The lowest BCUT2D eigenvalue weighted by Crippen LogP contribution is -2.53. The molecule has 7 saturated heterocycles. The van der Waals surface area contributed by atoms with Crippen LogP contribution in [0.25, 0.3) is 0 Å². The summed E-state index contributed by atoms with van der Waals surface area (Å²) in [6.07, 6.45) is 1.87. The summed E-state index contributed by atoms with van der Waals surface area (Å²) < 4.78 is 55.2. The minimum Gasteiger partial charge on any atom is -0.444 e. The predicted molar refractivity (Wildman–Crippen MR) is 281 cm³/mol. The van der Waals surface area contributed by atoms with Crippen molar-refractivity contribution >= 4 is 29.9 Å². The molecule has 416 valence electrons. The highest BCUT2D eigenvalue weighted by Gasteiger charge is 2.51. The van der Waals surface area contributed by atoms with Crippen LogP contribution >= 0.6 is 0 Å². The van der Waals surface area contributed by atoms with E-state index in [-0.39, 0.29) is 77.5 Å². The molecule has 0 aromatic heterocycles. The van der Waals surface area contributed by atoms with Crippen molar-refractivity contribution in [1.29, 1.82) is 0 Å². The second-order valence-electron chi connectivity index (χ2n) is 23.6. The maximum Gasteiger partial charge on any atom is 0.412 e. The number of alkyl carbamates (subject to hydrolysis) is 1. The number of benzene rings is 3. The van der Waals surface area contributed by atoms with E-state index in [9.17, 15) is 37.1 Å². The summed E-state index contributed by atoms with van der Waals surface area (Å²) in [7, 11) is 0. The van der Waals surface area contributed by atoms with Gasteiger partial charge >= 0.3 is 12.2 Å². The number of carbonyl (C=O) groups excluding carboxylic acids is 5. The largest absolute Gasteiger partial charge is 0.444 e. The summed E-state index contributed by atoms with van der Waals surface area (Å²) in [6.45, 7) is 25.9. The van der Waals surface area contributed by atoms with Crippen molar-refractivity contribution in [1.82, 2.24) is 40.0 Å². The van der Waals surface area contributed by atoms with E-state index in [2.05, 4.69) is 34.3 Å². The number of carbonyl (C=O) groups is 5. The molecule has 8 atom stereocenters. The number of halogens is 3. The smallest absolute Gasteiger partial charge is 0.412 e.